The largest absolute Gasteiger partial charge is 0.301 e. The molecule has 0 aliphatic heterocycles. The molecule has 0 saturated carbocycles. The van der Waals surface area contributed by atoms with Crippen molar-refractivity contribution in [3.63, 3.8) is 0 Å². The van der Waals surface area contributed by atoms with Gasteiger partial charge in [0.1, 0.15) is 0 Å². The van der Waals surface area contributed by atoms with Gasteiger partial charge in [0, 0.05) is 18.1 Å². The van der Waals surface area contributed by atoms with Crippen LogP contribution in [0.15, 0.2) is 18.6 Å². The van der Waals surface area contributed by atoms with Gasteiger partial charge in [0.15, 0.2) is 5.65 Å². The van der Waals surface area contributed by atoms with Crippen LogP contribution >= 0.6 is 0 Å². The maximum absolute atomic E-state index is 4.23. The predicted molar refractivity (Wildman–Crippen MR) is 47.1 cm³/mol. The van der Waals surface area contributed by atoms with Crippen LogP contribution in [-0.2, 0) is 6.42 Å². The van der Waals surface area contributed by atoms with Gasteiger partial charge in [-0.3, -0.25) is 4.98 Å². The number of aromatic nitrogens is 3. The molecule has 62 valence electrons. The van der Waals surface area contributed by atoms with Crippen LogP contribution in [0.1, 0.15) is 18.3 Å². The summed E-state index contributed by atoms with van der Waals surface area (Å²) in [6.45, 7) is 4.11. The van der Waals surface area contributed by atoms with Crippen molar-refractivity contribution >= 4 is 5.65 Å². The lowest BCUT2D eigenvalue weighted by Gasteiger charge is -1.98. The summed E-state index contributed by atoms with van der Waals surface area (Å²) >= 11 is 0. The van der Waals surface area contributed by atoms with Crippen molar-refractivity contribution in [3.05, 3.63) is 30.0 Å². The molecule has 0 atom stereocenters. The lowest BCUT2D eigenvalue weighted by Crippen LogP contribution is -1.93. The minimum atomic E-state index is 0.928. The predicted octanol–water partition coefficient (Wildman–Crippen LogP) is 1.60. The Hall–Kier alpha value is -1.38. The molecule has 0 N–H and O–H groups in total. The van der Waals surface area contributed by atoms with E-state index in [1.54, 1.807) is 6.20 Å². The standard InChI is InChI=1S/C9H11N3/c1-3-8-4-11-9-5-10-7(2)6-12(8)9/h4-6H,3H2,1-2H3. The molecule has 0 fully saturated rings. The monoisotopic (exact) mass is 161 g/mol. The molecule has 12 heavy (non-hydrogen) atoms. The molecule has 0 spiro atoms. The Balaban J connectivity index is 2.75. The van der Waals surface area contributed by atoms with Gasteiger partial charge in [-0.25, -0.2) is 4.98 Å². The van der Waals surface area contributed by atoms with Gasteiger partial charge in [0.2, 0.25) is 0 Å². The molecule has 0 radical (unpaired) electrons. The molecule has 0 unspecified atom stereocenters. The minimum absolute atomic E-state index is 0.928. The van der Waals surface area contributed by atoms with Crippen molar-refractivity contribution in [2.24, 2.45) is 0 Å². The quantitative estimate of drug-likeness (QED) is 0.636. The molecule has 0 amide bonds. The van der Waals surface area contributed by atoms with Crippen LogP contribution in [0.2, 0.25) is 0 Å². The van der Waals surface area contributed by atoms with E-state index in [9.17, 15) is 0 Å². The zero-order chi connectivity index (χ0) is 8.55. The van der Waals surface area contributed by atoms with E-state index < -0.39 is 0 Å². The molecular formula is C9H11N3. The normalized spacial score (nSPS) is 10.8. The van der Waals surface area contributed by atoms with E-state index in [2.05, 4.69) is 21.3 Å². The van der Waals surface area contributed by atoms with E-state index in [0.717, 1.165) is 17.8 Å². The summed E-state index contributed by atoms with van der Waals surface area (Å²) in [5.74, 6) is 0. The molecule has 0 aliphatic rings. The average molecular weight is 161 g/mol. The Labute approximate surface area is 71.1 Å². The lowest BCUT2D eigenvalue weighted by molar-refractivity contribution is 0.967. The number of rotatable bonds is 1. The topological polar surface area (TPSA) is 30.2 Å². The number of imidazole rings is 1. The summed E-state index contributed by atoms with van der Waals surface area (Å²) in [5.41, 5.74) is 3.18. The van der Waals surface area contributed by atoms with Crippen LogP contribution in [0, 0.1) is 6.92 Å². The fraction of sp³-hybridized carbons (Fsp3) is 0.333. The summed E-state index contributed by atoms with van der Waals surface area (Å²) in [7, 11) is 0. The Bertz CT molecular complexity index is 403. The molecule has 0 aliphatic carbocycles. The highest BCUT2D eigenvalue weighted by Crippen LogP contribution is 2.06. The second-order valence-electron chi connectivity index (χ2n) is 2.86. The van der Waals surface area contributed by atoms with Gasteiger partial charge < -0.3 is 4.40 Å². The smallest absolute Gasteiger partial charge is 0.155 e. The summed E-state index contributed by atoms with van der Waals surface area (Å²) < 4.78 is 2.09. The van der Waals surface area contributed by atoms with Crippen LogP contribution in [0.3, 0.4) is 0 Å². The van der Waals surface area contributed by atoms with Crippen LogP contribution in [-0.4, -0.2) is 14.4 Å². The number of fused-ring (bicyclic) bond motifs is 1. The van der Waals surface area contributed by atoms with Gasteiger partial charge in [-0.2, -0.15) is 0 Å². The minimum Gasteiger partial charge on any atom is -0.301 e. The van der Waals surface area contributed by atoms with Crippen molar-refractivity contribution in [2.45, 2.75) is 20.3 Å². The van der Waals surface area contributed by atoms with Crippen molar-refractivity contribution in [2.75, 3.05) is 0 Å². The number of nitrogens with zero attached hydrogens (tertiary/aromatic N) is 3. The second-order valence-corrected chi connectivity index (χ2v) is 2.86. The van der Waals surface area contributed by atoms with E-state index in [1.165, 1.54) is 5.69 Å². The first-order chi connectivity index (χ1) is 5.81. The molecule has 0 aromatic carbocycles. The van der Waals surface area contributed by atoms with E-state index in [0.29, 0.717) is 0 Å². The molecule has 2 rings (SSSR count). The third kappa shape index (κ3) is 0.978. The fourth-order valence-corrected chi connectivity index (χ4v) is 1.30. The Kier molecular flexibility index (Phi) is 1.57. The molecule has 0 saturated heterocycles. The fourth-order valence-electron chi connectivity index (χ4n) is 1.30. The highest BCUT2D eigenvalue weighted by Gasteiger charge is 2.00. The van der Waals surface area contributed by atoms with Crippen molar-refractivity contribution in [1.29, 1.82) is 0 Å². The van der Waals surface area contributed by atoms with Gasteiger partial charge >= 0.3 is 0 Å². The number of aryl methyl sites for hydroxylation is 2. The van der Waals surface area contributed by atoms with E-state index in [4.69, 9.17) is 0 Å². The number of hydrogen-bond donors (Lipinski definition) is 0. The average Bonchev–Trinajstić information content (AvgIpc) is 2.46. The number of hydrogen-bond acceptors (Lipinski definition) is 2. The maximum Gasteiger partial charge on any atom is 0.155 e. The van der Waals surface area contributed by atoms with Crippen molar-refractivity contribution in [3.8, 4) is 0 Å². The van der Waals surface area contributed by atoms with Gasteiger partial charge in [-0.05, 0) is 13.3 Å². The zero-order valence-corrected chi connectivity index (χ0v) is 7.28. The van der Waals surface area contributed by atoms with E-state index in [-0.39, 0.29) is 0 Å². The van der Waals surface area contributed by atoms with Crippen LogP contribution in [0.5, 0.6) is 0 Å². The maximum atomic E-state index is 4.23. The van der Waals surface area contributed by atoms with Crippen LogP contribution in [0.25, 0.3) is 5.65 Å². The Morgan fingerprint density at radius 2 is 2.17 bits per heavy atom. The lowest BCUT2D eigenvalue weighted by atomic mass is 10.4. The van der Waals surface area contributed by atoms with Gasteiger partial charge in [-0.15, -0.1) is 0 Å². The van der Waals surface area contributed by atoms with Crippen molar-refractivity contribution < 1.29 is 0 Å². The second kappa shape index (κ2) is 2.59. The van der Waals surface area contributed by atoms with Crippen LogP contribution in [0.4, 0.5) is 0 Å². The van der Waals surface area contributed by atoms with Crippen LogP contribution < -0.4 is 0 Å². The first-order valence-corrected chi connectivity index (χ1v) is 4.10. The zero-order valence-electron chi connectivity index (χ0n) is 7.28. The molecule has 0 bridgehead atoms. The Morgan fingerprint density at radius 3 is 2.92 bits per heavy atom. The third-order valence-corrected chi connectivity index (χ3v) is 1.96. The summed E-state index contributed by atoms with van der Waals surface area (Å²) in [6, 6.07) is 0. The van der Waals surface area contributed by atoms with Crippen molar-refractivity contribution in [1.82, 2.24) is 14.4 Å². The molecule has 2 aromatic rings. The highest BCUT2D eigenvalue weighted by atomic mass is 15.0. The van der Waals surface area contributed by atoms with E-state index >= 15 is 0 Å². The van der Waals surface area contributed by atoms with E-state index in [1.807, 2.05) is 19.3 Å². The van der Waals surface area contributed by atoms with Gasteiger partial charge in [0.25, 0.3) is 0 Å². The summed E-state index contributed by atoms with van der Waals surface area (Å²) in [5, 5.41) is 0. The highest BCUT2D eigenvalue weighted by molar-refractivity contribution is 5.37. The first kappa shape index (κ1) is 7.28. The molecule has 2 heterocycles. The molecule has 3 heteroatoms. The van der Waals surface area contributed by atoms with Gasteiger partial charge in [0.05, 0.1) is 11.9 Å². The Morgan fingerprint density at radius 1 is 1.33 bits per heavy atom. The molecule has 3 nitrogen and oxygen atoms in total. The SMILES string of the molecule is CCc1cnc2cnc(C)cn12. The summed E-state index contributed by atoms with van der Waals surface area (Å²) in [4.78, 5) is 8.40. The molecular weight excluding hydrogens is 150 g/mol. The van der Waals surface area contributed by atoms with Gasteiger partial charge in [-0.1, -0.05) is 6.92 Å². The molecule has 2 aromatic heterocycles. The summed E-state index contributed by atoms with van der Waals surface area (Å²) in [6.07, 6.45) is 6.72. The first-order valence-electron chi connectivity index (χ1n) is 4.10. The third-order valence-electron chi connectivity index (χ3n) is 1.96.